The predicted molar refractivity (Wildman–Crippen MR) is 114 cm³/mol. The van der Waals surface area contributed by atoms with Gasteiger partial charge in [0, 0.05) is 17.0 Å². The van der Waals surface area contributed by atoms with E-state index in [9.17, 15) is 13.6 Å². The van der Waals surface area contributed by atoms with Crippen molar-refractivity contribution in [2.45, 2.75) is 32.3 Å². The summed E-state index contributed by atoms with van der Waals surface area (Å²) < 4.78 is 40.2. The summed E-state index contributed by atoms with van der Waals surface area (Å²) in [4.78, 5) is 16.0. The van der Waals surface area contributed by atoms with E-state index in [0.29, 0.717) is 35.7 Å². The van der Waals surface area contributed by atoms with E-state index in [0.717, 1.165) is 17.7 Å². The summed E-state index contributed by atoms with van der Waals surface area (Å²) in [6.07, 6.45) is 2.44. The van der Waals surface area contributed by atoms with Gasteiger partial charge in [0.1, 0.15) is 22.8 Å². The van der Waals surface area contributed by atoms with Crippen molar-refractivity contribution in [1.82, 2.24) is 4.98 Å². The fourth-order valence-electron chi connectivity index (χ4n) is 3.11. The molecular formula is C23H21ClF2N2O3. The molecule has 3 rings (SSSR count). The normalized spacial score (nSPS) is 11.9. The number of hydrogen-bond donors (Lipinski definition) is 1. The molecule has 0 saturated carbocycles. The highest BCUT2D eigenvalue weighted by Gasteiger charge is 2.26. The Morgan fingerprint density at radius 1 is 1.29 bits per heavy atom. The highest BCUT2D eigenvalue weighted by Crippen LogP contribution is 2.33. The lowest BCUT2D eigenvalue weighted by Gasteiger charge is -2.17. The number of carbonyl (C=O) groups is 1. The SMILES string of the molecule is C=CCc1oc(C(CCC)Oc2ccc(F)c(C(N)=O)c2F)nc1-c1ccc(Cl)cc1. The average Bonchev–Trinajstić information content (AvgIpc) is 3.14. The van der Waals surface area contributed by atoms with Gasteiger partial charge in [-0.1, -0.05) is 43.2 Å². The van der Waals surface area contributed by atoms with Gasteiger partial charge in [-0.25, -0.2) is 13.8 Å². The number of nitrogens with two attached hydrogens (primary N) is 1. The van der Waals surface area contributed by atoms with Crippen LogP contribution in [0.25, 0.3) is 11.3 Å². The molecule has 0 radical (unpaired) electrons. The van der Waals surface area contributed by atoms with E-state index in [1.54, 1.807) is 18.2 Å². The van der Waals surface area contributed by atoms with Gasteiger partial charge in [-0.3, -0.25) is 4.79 Å². The second kappa shape index (κ2) is 9.75. The fraction of sp³-hybridized carbons (Fsp3) is 0.217. The molecule has 0 bridgehead atoms. The Morgan fingerprint density at radius 3 is 2.61 bits per heavy atom. The molecule has 0 aliphatic carbocycles. The zero-order valence-electron chi connectivity index (χ0n) is 16.8. The van der Waals surface area contributed by atoms with Gasteiger partial charge in [-0.15, -0.1) is 6.58 Å². The van der Waals surface area contributed by atoms with E-state index >= 15 is 0 Å². The number of carbonyl (C=O) groups excluding carboxylic acids is 1. The maximum absolute atomic E-state index is 14.7. The average molecular weight is 447 g/mol. The zero-order chi connectivity index (χ0) is 22.5. The topological polar surface area (TPSA) is 78.4 Å². The van der Waals surface area contributed by atoms with Gasteiger partial charge in [0.05, 0.1) is 0 Å². The van der Waals surface area contributed by atoms with Crippen molar-refractivity contribution < 1.29 is 22.7 Å². The second-order valence-corrected chi connectivity index (χ2v) is 7.25. The van der Waals surface area contributed by atoms with E-state index in [1.807, 2.05) is 19.1 Å². The van der Waals surface area contributed by atoms with Crippen molar-refractivity contribution in [1.29, 1.82) is 0 Å². The highest BCUT2D eigenvalue weighted by molar-refractivity contribution is 6.30. The zero-order valence-corrected chi connectivity index (χ0v) is 17.6. The van der Waals surface area contributed by atoms with Gasteiger partial charge in [-0.05, 0) is 30.7 Å². The Balaban J connectivity index is 2.01. The van der Waals surface area contributed by atoms with Gasteiger partial charge in [0.2, 0.25) is 5.89 Å². The summed E-state index contributed by atoms with van der Waals surface area (Å²) in [5.74, 6) is -2.96. The molecule has 2 N–H and O–H groups in total. The maximum atomic E-state index is 14.7. The highest BCUT2D eigenvalue weighted by atomic mass is 35.5. The number of amides is 1. The molecule has 3 aromatic rings. The summed E-state index contributed by atoms with van der Waals surface area (Å²) in [6.45, 7) is 5.66. The quantitative estimate of drug-likeness (QED) is 0.407. The Labute approximate surface area is 183 Å². The number of allylic oxidation sites excluding steroid dienone is 1. The van der Waals surface area contributed by atoms with E-state index in [4.69, 9.17) is 26.5 Å². The van der Waals surface area contributed by atoms with Crippen molar-refractivity contribution in [2.24, 2.45) is 5.73 Å². The Kier molecular flexibility index (Phi) is 7.07. The lowest BCUT2D eigenvalue weighted by Crippen LogP contribution is -2.17. The summed E-state index contributed by atoms with van der Waals surface area (Å²) in [7, 11) is 0. The number of oxazole rings is 1. The van der Waals surface area contributed by atoms with Crippen molar-refractivity contribution in [3.05, 3.63) is 82.9 Å². The van der Waals surface area contributed by atoms with Crippen LogP contribution in [0.4, 0.5) is 8.78 Å². The molecule has 0 aliphatic heterocycles. The number of aromatic nitrogens is 1. The van der Waals surface area contributed by atoms with Crippen LogP contribution < -0.4 is 10.5 Å². The molecule has 1 amide bonds. The monoisotopic (exact) mass is 446 g/mol. The van der Waals surface area contributed by atoms with Crippen LogP contribution in [0, 0.1) is 11.6 Å². The minimum Gasteiger partial charge on any atom is -0.478 e. The lowest BCUT2D eigenvalue weighted by molar-refractivity contribution is 0.0988. The number of ether oxygens (including phenoxy) is 1. The van der Waals surface area contributed by atoms with Crippen molar-refractivity contribution >= 4 is 17.5 Å². The summed E-state index contributed by atoms with van der Waals surface area (Å²) in [5.41, 5.74) is 5.62. The molecule has 0 fully saturated rings. The third-order valence-electron chi connectivity index (χ3n) is 4.56. The molecule has 0 aliphatic rings. The van der Waals surface area contributed by atoms with Gasteiger partial charge in [0.15, 0.2) is 17.7 Å². The number of primary amides is 1. The van der Waals surface area contributed by atoms with Crippen LogP contribution in [-0.2, 0) is 6.42 Å². The van der Waals surface area contributed by atoms with Crippen LogP contribution in [0.5, 0.6) is 5.75 Å². The number of benzene rings is 2. The number of rotatable bonds is 9. The van der Waals surface area contributed by atoms with Crippen molar-refractivity contribution in [3.8, 4) is 17.0 Å². The first-order valence-electron chi connectivity index (χ1n) is 9.66. The molecule has 5 nitrogen and oxygen atoms in total. The van der Waals surface area contributed by atoms with E-state index in [-0.39, 0.29) is 11.6 Å². The van der Waals surface area contributed by atoms with E-state index < -0.39 is 29.2 Å². The molecule has 162 valence electrons. The lowest BCUT2D eigenvalue weighted by atomic mass is 10.1. The van der Waals surface area contributed by atoms with Gasteiger partial charge < -0.3 is 14.9 Å². The molecule has 2 aromatic carbocycles. The molecule has 0 saturated heterocycles. The van der Waals surface area contributed by atoms with Crippen molar-refractivity contribution in [3.63, 3.8) is 0 Å². The second-order valence-electron chi connectivity index (χ2n) is 6.82. The standard InChI is InChI=1S/C23H21ClF2N2O3/c1-3-5-17-21(13-7-9-14(24)10-8-13)28-23(31-17)18(6-4-2)30-16-12-11-15(25)19(20(16)26)22(27)29/h3,7-12,18H,1,4-6H2,2H3,(H2,27,29). The van der Waals surface area contributed by atoms with Gasteiger partial charge in [-0.2, -0.15) is 0 Å². The molecule has 1 atom stereocenters. The predicted octanol–water partition coefficient (Wildman–Crippen LogP) is 6.02. The molecular weight excluding hydrogens is 426 g/mol. The van der Waals surface area contributed by atoms with Gasteiger partial charge >= 0.3 is 0 Å². The smallest absolute Gasteiger partial charge is 0.254 e. The molecule has 31 heavy (non-hydrogen) atoms. The minimum atomic E-state index is -1.22. The van der Waals surface area contributed by atoms with Crippen LogP contribution in [0.2, 0.25) is 5.02 Å². The Bertz CT molecular complexity index is 1100. The summed E-state index contributed by atoms with van der Waals surface area (Å²) in [5, 5.41) is 0.585. The molecule has 1 heterocycles. The molecule has 0 spiro atoms. The van der Waals surface area contributed by atoms with Crippen LogP contribution in [0.1, 0.15) is 47.9 Å². The largest absolute Gasteiger partial charge is 0.478 e. The Hall–Kier alpha value is -3.19. The third-order valence-corrected chi connectivity index (χ3v) is 4.81. The first-order valence-corrected chi connectivity index (χ1v) is 10.0. The van der Waals surface area contributed by atoms with Crippen LogP contribution in [0.15, 0.2) is 53.5 Å². The number of hydrogen-bond acceptors (Lipinski definition) is 4. The van der Waals surface area contributed by atoms with Gasteiger partial charge in [0.25, 0.3) is 5.91 Å². The first kappa shape index (κ1) is 22.5. The maximum Gasteiger partial charge on any atom is 0.254 e. The van der Waals surface area contributed by atoms with Crippen LogP contribution in [-0.4, -0.2) is 10.9 Å². The van der Waals surface area contributed by atoms with Crippen LogP contribution >= 0.6 is 11.6 Å². The summed E-state index contributed by atoms with van der Waals surface area (Å²) in [6, 6.07) is 9.13. The number of nitrogens with zero attached hydrogens (tertiary/aromatic N) is 1. The summed E-state index contributed by atoms with van der Waals surface area (Å²) >= 11 is 5.97. The van der Waals surface area contributed by atoms with E-state index in [2.05, 4.69) is 11.6 Å². The molecule has 1 unspecified atom stereocenters. The molecule has 1 aromatic heterocycles. The van der Waals surface area contributed by atoms with Crippen molar-refractivity contribution in [2.75, 3.05) is 0 Å². The fourth-order valence-corrected chi connectivity index (χ4v) is 3.23. The third kappa shape index (κ3) is 4.94. The number of halogens is 3. The first-order chi connectivity index (χ1) is 14.8. The Morgan fingerprint density at radius 2 is 2.00 bits per heavy atom. The van der Waals surface area contributed by atoms with E-state index in [1.165, 1.54) is 0 Å². The van der Waals surface area contributed by atoms with Crippen LogP contribution in [0.3, 0.4) is 0 Å². The molecule has 8 heteroatoms. The minimum absolute atomic E-state index is 0.230.